The van der Waals surface area contributed by atoms with Crippen LogP contribution in [0.25, 0.3) is 0 Å². The van der Waals surface area contributed by atoms with Crippen LogP contribution in [-0.4, -0.2) is 34.6 Å². The van der Waals surface area contributed by atoms with Gasteiger partial charge < -0.3 is 10.2 Å². The SMILES string of the molecule is CC(C)(C)CNc1nc(NN)nc(N2CCCCC2)n1. The van der Waals surface area contributed by atoms with Gasteiger partial charge in [0.25, 0.3) is 0 Å². The number of nitrogens with one attached hydrogen (secondary N) is 2. The highest BCUT2D eigenvalue weighted by Gasteiger charge is 2.17. The summed E-state index contributed by atoms with van der Waals surface area (Å²) in [7, 11) is 0. The Kier molecular flexibility index (Phi) is 4.59. The first-order valence-electron chi connectivity index (χ1n) is 7.19. The van der Waals surface area contributed by atoms with Crippen molar-refractivity contribution in [3.8, 4) is 0 Å². The Bertz CT molecular complexity index is 435. The van der Waals surface area contributed by atoms with Gasteiger partial charge in [-0.1, -0.05) is 20.8 Å². The molecule has 0 radical (unpaired) electrons. The minimum atomic E-state index is 0.161. The molecule has 1 fully saturated rings. The molecule has 4 N–H and O–H groups in total. The van der Waals surface area contributed by atoms with Gasteiger partial charge in [-0.3, -0.25) is 5.43 Å². The van der Waals surface area contributed by atoms with E-state index in [9.17, 15) is 0 Å². The molecule has 1 saturated heterocycles. The van der Waals surface area contributed by atoms with E-state index < -0.39 is 0 Å². The summed E-state index contributed by atoms with van der Waals surface area (Å²) in [6.45, 7) is 9.26. The molecule has 0 aliphatic carbocycles. The van der Waals surface area contributed by atoms with E-state index in [1.54, 1.807) is 0 Å². The molecule has 1 aromatic heterocycles. The van der Waals surface area contributed by atoms with Gasteiger partial charge in [0.1, 0.15) is 0 Å². The fraction of sp³-hybridized carbons (Fsp3) is 0.769. The topological polar surface area (TPSA) is 92.0 Å². The van der Waals surface area contributed by atoms with E-state index >= 15 is 0 Å². The Balaban J connectivity index is 2.15. The Labute approximate surface area is 120 Å². The van der Waals surface area contributed by atoms with Gasteiger partial charge in [-0.25, -0.2) is 5.84 Å². The number of nitrogens with two attached hydrogens (primary N) is 1. The van der Waals surface area contributed by atoms with E-state index in [1.165, 1.54) is 19.3 Å². The van der Waals surface area contributed by atoms with Crippen molar-refractivity contribution in [3.05, 3.63) is 0 Å². The van der Waals surface area contributed by atoms with Crippen LogP contribution in [0.15, 0.2) is 0 Å². The second-order valence-corrected chi connectivity index (χ2v) is 6.39. The summed E-state index contributed by atoms with van der Waals surface area (Å²) in [6.07, 6.45) is 3.64. The van der Waals surface area contributed by atoms with Crippen molar-refractivity contribution < 1.29 is 0 Å². The van der Waals surface area contributed by atoms with Crippen LogP contribution < -0.4 is 21.5 Å². The summed E-state index contributed by atoms with van der Waals surface area (Å²) in [5.74, 6) is 7.12. The number of hydrogen-bond acceptors (Lipinski definition) is 7. The molecular formula is C13H25N7. The largest absolute Gasteiger partial charge is 0.353 e. The number of aromatic nitrogens is 3. The van der Waals surface area contributed by atoms with E-state index in [0.29, 0.717) is 17.8 Å². The molecule has 0 aromatic carbocycles. The van der Waals surface area contributed by atoms with E-state index in [4.69, 9.17) is 5.84 Å². The minimum Gasteiger partial charge on any atom is -0.353 e. The molecular weight excluding hydrogens is 254 g/mol. The molecule has 7 heteroatoms. The molecule has 112 valence electrons. The van der Waals surface area contributed by atoms with Gasteiger partial charge in [0.2, 0.25) is 17.8 Å². The van der Waals surface area contributed by atoms with Crippen molar-refractivity contribution in [2.45, 2.75) is 40.0 Å². The lowest BCUT2D eigenvalue weighted by Gasteiger charge is -2.27. The maximum absolute atomic E-state index is 5.45. The summed E-state index contributed by atoms with van der Waals surface area (Å²) in [4.78, 5) is 15.3. The van der Waals surface area contributed by atoms with Gasteiger partial charge in [-0.15, -0.1) is 0 Å². The molecule has 7 nitrogen and oxygen atoms in total. The van der Waals surface area contributed by atoms with E-state index in [2.05, 4.69) is 51.4 Å². The Hall–Kier alpha value is -1.63. The third kappa shape index (κ3) is 4.19. The van der Waals surface area contributed by atoms with Crippen molar-refractivity contribution in [1.29, 1.82) is 0 Å². The molecule has 1 aliphatic heterocycles. The molecule has 0 unspecified atom stereocenters. The molecule has 1 aromatic rings. The summed E-state index contributed by atoms with van der Waals surface area (Å²) in [6, 6.07) is 0. The zero-order chi connectivity index (χ0) is 14.6. The molecule has 2 rings (SSSR count). The van der Waals surface area contributed by atoms with Crippen molar-refractivity contribution in [1.82, 2.24) is 15.0 Å². The second-order valence-electron chi connectivity index (χ2n) is 6.39. The maximum Gasteiger partial charge on any atom is 0.243 e. The van der Waals surface area contributed by atoms with Crippen molar-refractivity contribution in [2.24, 2.45) is 11.3 Å². The lowest BCUT2D eigenvalue weighted by molar-refractivity contribution is 0.441. The van der Waals surface area contributed by atoms with Gasteiger partial charge in [0.15, 0.2) is 0 Å². The normalized spacial score (nSPS) is 16.1. The average Bonchev–Trinajstić information content (AvgIpc) is 2.45. The summed E-state index contributed by atoms with van der Waals surface area (Å²) >= 11 is 0. The smallest absolute Gasteiger partial charge is 0.243 e. The van der Waals surface area contributed by atoms with Crippen LogP contribution in [0.3, 0.4) is 0 Å². The van der Waals surface area contributed by atoms with Crippen LogP contribution in [0.4, 0.5) is 17.8 Å². The van der Waals surface area contributed by atoms with Crippen LogP contribution in [0.5, 0.6) is 0 Å². The fourth-order valence-corrected chi connectivity index (χ4v) is 2.09. The van der Waals surface area contributed by atoms with Gasteiger partial charge in [-0.05, 0) is 24.7 Å². The van der Waals surface area contributed by atoms with E-state index in [1.807, 2.05) is 0 Å². The number of anilines is 3. The highest BCUT2D eigenvalue weighted by Crippen LogP contribution is 2.19. The minimum absolute atomic E-state index is 0.161. The first-order chi connectivity index (χ1) is 9.48. The van der Waals surface area contributed by atoms with Gasteiger partial charge >= 0.3 is 0 Å². The van der Waals surface area contributed by atoms with Crippen LogP contribution in [0.1, 0.15) is 40.0 Å². The van der Waals surface area contributed by atoms with Gasteiger partial charge in [-0.2, -0.15) is 15.0 Å². The van der Waals surface area contributed by atoms with E-state index in [0.717, 1.165) is 19.6 Å². The van der Waals surface area contributed by atoms with Crippen molar-refractivity contribution in [3.63, 3.8) is 0 Å². The van der Waals surface area contributed by atoms with Crippen molar-refractivity contribution >= 4 is 17.8 Å². The van der Waals surface area contributed by atoms with Gasteiger partial charge in [0.05, 0.1) is 0 Å². The highest BCUT2D eigenvalue weighted by molar-refractivity contribution is 5.43. The lowest BCUT2D eigenvalue weighted by atomic mass is 9.97. The first kappa shape index (κ1) is 14.8. The fourth-order valence-electron chi connectivity index (χ4n) is 2.09. The molecule has 1 aliphatic rings. The number of nitrogens with zero attached hydrogens (tertiary/aromatic N) is 4. The molecule has 20 heavy (non-hydrogen) atoms. The predicted octanol–water partition coefficient (Wildman–Crippen LogP) is 1.61. The molecule has 0 amide bonds. The maximum atomic E-state index is 5.45. The molecule has 0 saturated carbocycles. The molecule has 2 heterocycles. The van der Waals surface area contributed by atoms with Crippen LogP contribution in [0.2, 0.25) is 0 Å². The first-order valence-corrected chi connectivity index (χ1v) is 7.19. The number of rotatable bonds is 4. The molecule has 0 atom stereocenters. The third-order valence-corrected chi connectivity index (χ3v) is 3.17. The van der Waals surface area contributed by atoms with Crippen LogP contribution >= 0.6 is 0 Å². The summed E-state index contributed by atoms with van der Waals surface area (Å²) in [5, 5.41) is 3.25. The summed E-state index contributed by atoms with van der Waals surface area (Å²) < 4.78 is 0. The Morgan fingerprint density at radius 2 is 1.70 bits per heavy atom. The Morgan fingerprint density at radius 3 is 2.30 bits per heavy atom. The van der Waals surface area contributed by atoms with Crippen LogP contribution in [-0.2, 0) is 0 Å². The number of piperidine rings is 1. The van der Waals surface area contributed by atoms with Crippen LogP contribution in [0, 0.1) is 5.41 Å². The monoisotopic (exact) mass is 279 g/mol. The van der Waals surface area contributed by atoms with E-state index in [-0.39, 0.29) is 5.41 Å². The lowest BCUT2D eigenvalue weighted by Crippen LogP contribution is -2.32. The number of hydrazine groups is 1. The quantitative estimate of drug-likeness (QED) is 0.569. The number of nitrogen functional groups attached to an aromatic ring is 1. The zero-order valence-electron chi connectivity index (χ0n) is 12.6. The third-order valence-electron chi connectivity index (χ3n) is 3.17. The zero-order valence-corrected chi connectivity index (χ0v) is 12.6. The second kappa shape index (κ2) is 6.21. The average molecular weight is 279 g/mol. The number of hydrogen-bond donors (Lipinski definition) is 3. The molecule has 0 bridgehead atoms. The summed E-state index contributed by atoms with van der Waals surface area (Å²) in [5.41, 5.74) is 2.68. The predicted molar refractivity (Wildman–Crippen MR) is 81.6 cm³/mol. The Morgan fingerprint density at radius 1 is 1.05 bits per heavy atom. The molecule has 0 spiro atoms. The highest BCUT2D eigenvalue weighted by atomic mass is 15.4. The standard InChI is InChI=1S/C13H25N7/c1-13(2,3)9-15-10-16-11(19-14)18-12(17-10)20-7-5-4-6-8-20/h4-9,14H2,1-3H3,(H2,15,16,17,18,19). The van der Waals surface area contributed by atoms with Gasteiger partial charge in [0, 0.05) is 19.6 Å². The van der Waals surface area contributed by atoms with Crippen molar-refractivity contribution in [2.75, 3.05) is 35.3 Å².